The molecule has 0 saturated carbocycles. The minimum Gasteiger partial charge on any atom is -0.793 e. The van der Waals surface area contributed by atoms with E-state index in [0.29, 0.717) is 6.54 Å². The van der Waals surface area contributed by atoms with Gasteiger partial charge in [0, 0.05) is 29.2 Å². The number of rotatable bonds is 3. The second kappa shape index (κ2) is 9.77. The molecule has 1 aliphatic rings. The van der Waals surface area contributed by atoms with Crippen LogP contribution in [0.25, 0.3) is 10.9 Å². The van der Waals surface area contributed by atoms with Gasteiger partial charge >= 0.3 is 29.6 Å². The van der Waals surface area contributed by atoms with Crippen LogP contribution in [0, 0.1) is 0 Å². The van der Waals surface area contributed by atoms with Crippen molar-refractivity contribution in [2.75, 3.05) is 18.8 Å². The van der Waals surface area contributed by atoms with E-state index in [1.54, 1.807) is 0 Å². The van der Waals surface area contributed by atoms with Crippen LogP contribution in [0.4, 0.5) is 0 Å². The molecule has 2 aromatic carbocycles. The number of fused-ring (bicyclic) bond motifs is 1. The fourth-order valence-electron chi connectivity index (χ4n) is 3.49. The Morgan fingerprint density at radius 2 is 1.88 bits per heavy atom. The minimum absolute atomic E-state index is 0. The smallest absolute Gasteiger partial charge is 0.793 e. The van der Waals surface area contributed by atoms with E-state index in [4.69, 9.17) is 0 Å². The first-order valence-electron chi connectivity index (χ1n) is 8.67. The third kappa shape index (κ3) is 4.26. The Morgan fingerprint density at radius 3 is 2.54 bits per heavy atom. The summed E-state index contributed by atoms with van der Waals surface area (Å²) >= 11 is 4.39. The Bertz CT molecular complexity index is 841. The van der Waals surface area contributed by atoms with Crippen molar-refractivity contribution in [1.29, 1.82) is 0 Å². The third-order valence-electron chi connectivity index (χ3n) is 4.73. The molecule has 1 aliphatic heterocycles. The predicted octanol–water partition coefficient (Wildman–Crippen LogP) is 0.839. The van der Waals surface area contributed by atoms with Crippen LogP contribution in [0.15, 0.2) is 60.8 Å². The summed E-state index contributed by atoms with van der Waals surface area (Å²) in [5.41, 5.74) is 2.53. The van der Waals surface area contributed by atoms with Gasteiger partial charge in [0.25, 0.3) is 0 Å². The molecule has 130 valence electrons. The molecule has 4 rings (SSSR count). The van der Waals surface area contributed by atoms with Gasteiger partial charge in [0.1, 0.15) is 0 Å². The number of H-pyrrole nitrogens is 1. The summed E-state index contributed by atoms with van der Waals surface area (Å²) in [6.07, 6.45) is 2.75. The Hall–Kier alpha value is -1.04. The van der Waals surface area contributed by atoms with E-state index < -0.39 is 5.41 Å². The molecular formula is C21H23N2NaOS. The normalized spacial score (nSPS) is 18.7. The van der Waals surface area contributed by atoms with Crippen molar-refractivity contribution in [3.05, 3.63) is 71.9 Å². The van der Waals surface area contributed by atoms with Crippen molar-refractivity contribution in [3.63, 3.8) is 0 Å². The Labute approximate surface area is 182 Å². The minimum atomic E-state index is -0.439. The zero-order valence-corrected chi connectivity index (χ0v) is 18.2. The number of aromatic amines is 1. The number of nitrogens with one attached hydrogen (secondary N) is 2. The molecule has 0 radical (unpaired) electrons. The Morgan fingerprint density at radius 1 is 1.15 bits per heavy atom. The number of aromatic nitrogens is 1. The average Bonchev–Trinajstić information content (AvgIpc) is 3.32. The van der Waals surface area contributed by atoms with Gasteiger partial charge in [-0.2, -0.15) is 5.75 Å². The molecule has 1 fully saturated rings. The summed E-state index contributed by atoms with van der Waals surface area (Å²) in [4.78, 5) is 16.5. The number of carbonyl (C=O) groups excluding carboxylic acids is 1. The maximum absolute atomic E-state index is 13.3. The second-order valence-corrected chi connectivity index (χ2v) is 6.85. The molecule has 1 unspecified atom stereocenters. The van der Waals surface area contributed by atoms with E-state index in [9.17, 15) is 4.79 Å². The number of carbonyl (C=O) groups is 1. The quantitative estimate of drug-likeness (QED) is 0.406. The van der Waals surface area contributed by atoms with Gasteiger partial charge in [-0.3, -0.25) is 4.79 Å². The summed E-state index contributed by atoms with van der Waals surface area (Å²) in [5, 5.41) is 4.45. The van der Waals surface area contributed by atoms with E-state index in [2.05, 4.69) is 35.1 Å². The van der Waals surface area contributed by atoms with Crippen LogP contribution in [0.5, 0.6) is 0 Å². The van der Waals surface area contributed by atoms with Crippen LogP contribution in [-0.4, -0.2) is 29.6 Å². The molecule has 0 amide bonds. The largest absolute Gasteiger partial charge is 1.00 e. The molecular weight excluding hydrogens is 351 g/mol. The molecule has 1 aromatic heterocycles. The summed E-state index contributed by atoms with van der Waals surface area (Å²) in [5.74, 6) is 1.05. The van der Waals surface area contributed by atoms with E-state index >= 15 is 0 Å². The van der Waals surface area contributed by atoms with Gasteiger partial charge in [-0.25, -0.2) is 0 Å². The van der Waals surface area contributed by atoms with Gasteiger partial charge in [0.15, 0.2) is 5.78 Å². The molecule has 3 nitrogen and oxygen atoms in total. The summed E-state index contributed by atoms with van der Waals surface area (Å²) in [6, 6.07) is 18.1. The van der Waals surface area contributed by atoms with E-state index in [0.717, 1.165) is 40.7 Å². The third-order valence-corrected chi connectivity index (χ3v) is 4.73. The standard InChI is InChI=1S/C19H18N2O.C2H6S.Na/c22-18(15-6-7-17-14(12-15)8-10-21-17)19(9-11-20-13-19)16-4-2-1-3-5-16;1-2-3;/h1-8,10,12,20-21H,9,11,13H2;3H,2H2,1H3;/q;;+1/p-1. The van der Waals surface area contributed by atoms with Gasteiger partial charge in [-0.1, -0.05) is 37.3 Å². The Balaban J connectivity index is 0.000000570. The SMILES string of the molecule is CC[S-].O=C(c1ccc2[nH]ccc2c1)C1(c2ccccc2)CCNC1.[Na+]. The van der Waals surface area contributed by atoms with Crippen molar-refractivity contribution in [1.82, 2.24) is 10.3 Å². The first kappa shape index (κ1) is 21.3. The van der Waals surface area contributed by atoms with Gasteiger partial charge in [-0.05, 0) is 42.8 Å². The van der Waals surface area contributed by atoms with Gasteiger partial charge < -0.3 is 22.9 Å². The van der Waals surface area contributed by atoms with Crippen LogP contribution in [-0.2, 0) is 18.0 Å². The van der Waals surface area contributed by atoms with Crippen molar-refractivity contribution in [2.45, 2.75) is 18.8 Å². The number of ketones is 1. The maximum Gasteiger partial charge on any atom is 1.00 e. The van der Waals surface area contributed by atoms with Crippen molar-refractivity contribution in [2.24, 2.45) is 0 Å². The molecule has 0 spiro atoms. The number of Topliss-reactive ketones (excluding diaryl/α,β-unsaturated/α-hetero) is 1. The molecule has 5 heteroatoms. The zero-order valence-electron chi connectivity index (χ0n) is 15.4. The average molecular weight is 374 g/mol. The van der Waals surface area contributed by atoms with Crippen molar-refractivity contribution in [3.8, 4) is 0 Å². The molecule has 1 saturated heterocycles. The van der Waals surface area contributed by atoms with E-state index in [-0.39, 0.29) is 35.3 Å². The zero-order chi connectivity index (χ0) is 17.7. The summed E-state index contributed by atoms with van der Waals surface area (Å²) in [6.45, 7) is 3.53. The molecule has 0 bridgehead atoms. The van der Waals surface area contributed by atoms with Crippen molar-refractivity contribution >= 4 is 29.3 Å². The summed E-state index contributed by atoms with van der Waals surface area (Å²) < 4.78 is 0. The first-order valence-corrected chi connectivity index (χ1v) is 9.25. The second-order valence-electron chi connectivity index (χ2n) is 6.27. The first-order chi connectivity index (χ1) is 12.2. The van der Waals surface area contributed by atoms with E-state index in [1.165, 1.54) is 0 Å². The number of hydrogen-bond donors (Lipinski definition) is 2. The molecule has 1 atom stereocenters. The fourth-order valence-corrected chi connectivity index (χ4v) is 3.49. The van der Waals surface area contributed by atoms with Crippen molar-refractivity contribution < 1.29 is 34.4 Å². The monoisotopic (exact) mass is 374 g/mol. The van der Waals surface area contributed by atoms with Crippen LogP contribution >= 0.6 is 0 Å². The maximum atomic E-state index is 13.3. The van der Waals surface area contributed by atoms with Crippen LogP contribution in [0.1, 0.15) is 29.3 Å². The summed E-state index contributed by atoms with van der Waals surface area (Å²) in [7, 11) is 0. The van der Waals surface area contributed by atoms with E-state index in [1.807, 2.05) is 55.6 Å². The Kier molecular flexibility index (Phi) is 7.99. The van der Waals surface area contributed by atoms with Crippen LogP contribution in [0.2, 0.25) is 0 Å². The number of hydrogen-bond acceptors (Lipinski definition) is 3. The van der Waals surface area contributed by atoms with Crippen LogP contribution < -0.4 is 34.9 Å². The van der Waals surface area contributed by atoms with Gasteiger partial charge in [-0.15, -0.1) is 0 Å². The van der Waals surface area contributed by atoms with Gasteiger partial charge in [0.05, 0.1) is 5.41 Å². The predicted molar refractivity (Wildman–Crippen MR) is 106 cm³/mol. The topological polar surface area (TPSA) is 44.9 Å². The van der Waals surface area contributed by atoms with Gasteiger partial charge in [0.2, 0.25) is 0 Å². The molecule has 2 N–H and O–H groups in total. The van der Waals surface area contributed by atoms with Crippen LogP contribution in [0.3, 0.4) is 0 Å². The fraction of sp³-hybridized carbons (Fsp3) is 0.286. The molecule has 3 aromatic rings. The molecule has 26 heavy (non-hydrogen) atoms. The molecule has 2 heterocycles. The molecule has 0 aliphatic carbocycles. The number of benzene rings is 2.